The van der Waals surface area contributed by atoms with Crippen LogP contribution in [0.2, 0.25) is 0 Å². The second-order valence-electron chi connectivity index (χ2n) is 1.51. The van der Waals surface area contributed by atoms with Crippen LogP contribution in [-0.2, 0) is 4.79 Å². The van der Waals surface area contributed by atoms with Gasteiger partial charge in [-0.2, -0.15) is 0 Å². The molecule has 0 aliphatic rings. The van der Waals surface area contributed by atoms with Crippen molar-refractivity contribution in [2.24, 2.45) is 4.99 Å². The summed E-state index contributed by atoms with van der Waals surface area (Å²) in [5.41, 5.74) is 0. The first-order chi connectivity index (χ1) is 5.36. The molecule has 11 heavy (non-hydrogen) atoms. The number of aliphatic imine (C=N–C) groups is 1. The number of rotatable bonds is 2. The lowest BCUT2D eigenvalue weighted by Crippen LogP contribution is -1.87. The maximum absolute atomic E-state index is 9.74. The quantitative estimate of drug-likeness (QED) is 0.366. The molecule has 1 aromatic heterocycles. The summed E-state index contributed by atoms with van der Waals surface area (Å²) in [6.07, 6.45) is 4.54. The summed E-state index contributed by atoms with van der Waals surface area (Å²) in [5, 5.41) is 7.77. The van der Waals surface area contributed by atoms with Crippen LogP contribution in [0.4, 0.5) is 5.82 Å². The van der Waals surface area contributed by atoms with Crippen LogP contribution in [0, 0.1) is 0 Å². The fraction of sp³-hybridized carbons (Fsp3) is 0.200. The Balaban J connectivity index is 2.91. The molecule has 0 saturated heterocycles. The number of isocyanates is 1. The third-order valence-corrected chi connectivity index (χ3v) is 1.42. The largest absolute Gasteiger partial charge is 0.242 e. The van der Waals surface area contributed by atoms with Crippen molar-refractivity contribution in [2.75, 3.05) is 6.26 Å². The Morgan fingerprint density at radius 3 is 2.91 bits per heavy atom. The molecule has 0 N–H and O–H groups in total. The number of thioether (sulfide) groups is 1. The molecule has 0 bridgehead atoms. The first-order valence-corrected chi connectivity index (χ1v) is 3.91. The minimum Gasteiger partial charge on any atom is -0.226 e. The van der Waals surface area contributed by atoms with Gasteiger partial charge in [-0.25, -0.2) is 9.78 Å². The highest BCUT2D eigenvalue weighted by Crippen LogP contribution is 2.08. The Morgan fingerprint density at radius 2 is 2.45 bits per heavy atom. The Bertz CT molecular complexity index is 279. The molecule has 6 heteroatoms. The van der Waals surface area contributed by atoms with Gasteiger partial charge in [0, 0.05) is 0 Å². The van der Waals surface area contributed by atoms with E-state index in [4.69, 9.17) is 0 Å². The van der Waals surface area contributed by atoms with Crippen molar-refractivity contribution in [1.82, 2.24) is 15.2 Å². The number of nitrogens with zero attached hydrogens (tertiary/aromatic N) is 4. The van der Waals surface area contributed by atoms with Gasteiger partial charge in [0.2, 0.25) is 17.1 Å². The van der Waals surface area contributed by atoms with E-state index in [1.165, 1.54) is 24.0 Å². The lowest BCUT2D eigenvalue weighted by atomic mass is 10.7. The van der Waals surface area contributed by atoms with Crippen molar-refractivity contribution >= 4 is 23.7 Å². The first-order valence-electron chi connectivity index (χ1n) is 2.68. The van der Waals surface area contributed by atoms with Gasteiger partial charge in [0.15, 0.2) is 0 Å². The van der Waals surface area contributed by atoms with Gasteiger partial charge in [-0.3, -0.25) is 0 Å². The van der Waals surface area contributed by atoms with Gasteiger partial charge in [-0.05, 0) is 6.26 Å². The Morgan fingerprint density at radius 1 is 1.64 bits per heavy atom. The smallest absolute Gasteiger partial charge is 0.226 e. The van der Waals surface area contributed by atoms with Crippen LogP contribution < -0.4 is 0 Å². The molecule has 0 unspecified atom stereocenters. The third-order valence-electron chi connectivity index (χ3n) is 0.871. The molecule has 0 saturated carbocycles. The van der Waals surface area contributed by atoms with E-state index in [0.29, 0.717) is 5.16 Å². The van der Waals surface area contributed by atoms with Crippen molar-refractivity contribution in [2.45, 2.75) is 5.16 Å². The van der Waals surface area contributed by atoms with E-state index >= 15 is 0 Å². The minimum atomic E-state index is 0.179. The lowest BCUT2D eigenvalue weighted by molar-refractivity contribution is 0.565. The van der Waals surface area contributed by atoms with E-state index in [0.717, 1.165) is 0 Å². The summed E-state index contributed by atoms with van der Waals surface area (Å²) in [5.74, 6) is 0.179. The maximum atomic E-state index is 9.74. The summed E-state index contributed by atoms with van der Waals surface area (Å²) in [6.45, 7) is 0. The highest BCUT2D eigenvalue weighted by molar-refractivity contribution is 7.98. The molecule has 0 spiro atoms. The van der Waals surface area contributed by atoms with Gasteiger partial charge in [0.1, 0.15) is 0 Å². The summed E-state index contributed by atoms with van der Waals surface area (Å²) >= 11 is 1.37. The van der Waals surface area contributed by atoms with Crippen molar-refractivity contribution < 1.29 is 4.79 Å². The predicted molar refractivity (Wildman–Crippen MR) is 39.4 cm³/mol. The molecule has 0 fully saturated rings. The molecule has 0 amide bonds. The van der Waals surface area contributed by atoms with Crippen molar-refractivity contribution in [3.8, 4) is 0 Å². The molecule has 1 heterocycles. The third kappa shape index (κ3) is 2.10. The average molecular weight is 168 g/mol. The standard InChI is InChI=1S/C5H4N4OS/c1-11-5-6-2-4(7-3-10)8-9-5/h2H,1H3. The molecule has 0 aromatic carbocycles. The van der Waals surface area contributed by atoms with Crippen molar-refractivity contribution in [3.05, 3.63) is 6.20 Å². The molecule has 0 radical (unpaired) electrons. The van der Waals surface area contributed by atoms with Gasteiger partial charge < -0.3 is 0 Å². The van der Waals surface area contributed by atoms with Gasteiger partial charge in [-0.1, -0.05) is 11.8 Å². The normalized spacial score (nSPS) is 8.82. The number of aromatic nitrogens is 3. The second kappa shape index (κ2) is 3.80. The molecule has 56 valence electrons. The molecule has 1 rings (SSSR count). The van der Waals surface area contributed by atoms with E-state index in [1.807, 2.05) is 6.26 Å². The summed E-state index contributed by atoms with van der Waals surface area (Å²) < 4.78 is 0. The van der Waals surface area contributed by atoms with Gasteiger partial charge in [0.25, 0.3) is 0 Å². The Labute approximate surface area is 67.0 Å². The maximum Gasteiger partial charge on any atom is 0.242 e. The van der Waals surface area contributed by atoms with Crippen LogP contribution in [0.1, 0.15) is 0 Å². The van der Waals surface area contributed by atoms with E-state index in [1.54, 1.807) is 0 Å². The van der Waals surface area contributed by atoms with E-state index in [9.17, 15) is 4.79 Å². The molecule has 0 atom stereocenters. The van der Waals surface area contributed by atoms with Crippen LogP contribution in [0.3, 0.4) is 0 Å². The summed E-state index contributed by atoms with van der Waals surface area (Å²) in [6, 6.07) is 0. The molecule has 1 aromatic rings. The van der Waals surface area contributed by atoms with Crippen molar-refractivity contribution in [1.29, 1.82) is 0 Å². The molecule has 5 nitrogen and oxygen atoms in total. The monoisotopic (exact) mass is 168 g/mol. The molecular formula is C5H4N4OS. The molecular weight excluding hydrogens is 164 g/mol. The summed E-state index contributed by atoms with van der Waals surface area (Å²) in [4.78, 5) is 16.8. The topological polar surface area (TPSA) is 68.1 Å². The Hall–Kier alpha value is -1.26. The number of hydrogen-bond donors (Lipinski definition) is 0. The van der Waals surface area contributed by atoms with Crippen LogP contribution in [0.15, 0.2) is 16.3 Å². The van der Waals surface area contributed by atoms with Crippen LogP contribution in [0.25, 0.3) is 0 Å². The van der Waals surface area contributed by atoms with Crippen LogP contribution in [0.5, 0.6) is 0 Å². The van der Waals surface area contributed by atoms with E-state index in [2.05, 4.69) is 20.2 Å². The molecule has 0 aliphatic heterocycles. The van der Waals surface area contributed by atoms with Gasteiger partial charge >= 0.3 is 0 Å². The van der Waals surface area contributed by atoms with Crippen LogP contribution in [-0.4, -0.2) is 27.5 Å². The van der Waals surface area contributed by atoms with Gasteiger partial charge in [0.05, 0.1) is 6.20 Å². The SMILES string of the molecule is CSc1ncc(N=C=O)nn1. The first kappa shape index (κ1) is 7.84. The Kier molecular flexibility index (Phi) is 2.71. The van der Waals surface area contributed by atoms with Crippen LogP contribution >= 0.6 is 11.8 Å². The summed E-state index contributed by atoms with van der Waals surface area (Å²) in [7, 11) is 0. The second-order valence-corrected chi connectivity index (χ2v) is 2.28. The van der Waals surface area contributed by atoms with E-state index in [-0.39, 0.29) is 5.82 Å². The zero-order valence-electron chi connectivity index (χ0n) is 5.68. The molecule has 0 aliphatic carbocycles. The number of hydrogen-bond acceptors (Lipinski definition) is 6. The number of carbonyl (C=O) groups excluding carboxylic acids is 1. The zero-order chi connectivity index (χ0) is 8.10. The van der Waals surface area contributed by atoms with Gasteiger partial charge in [-0.15, -0.1) is 15.2 Å². The van der Waals surface area contributed by atoms with E-state index < -0.39 is 0 Å². The minimum absolute atomic E-state index is 0.179. The predicted octanol–water partition coefficient (Wildman–Crippen LogP) is 0.561. The fourth-order valence-electron chi connectivity index (χ4n) is 0.450. The highest BCUT2D eigenvalue weighted by atomic mass is 32.2. The average Bonchev–Trinajstić information content (AvgIpc) is 2.07. The highest BCUT2D eigenvalue weighted by Gasteiger charge is 1.94. The zero-order valence-corrected chi connectivity index (χ0v) is 6.50. The fourth-order valence-corrected chi connectivity index (χ4v) is 0.731. The van der Waals surface area contributed by atoms with Crippen molar-refractivity contribution in [3.63, 3.8) is 0 Å². The lowest BCUT2D eigenvalue weighted by Gasteiger charge is -1.90.